The summed E-state index contributed by atoms with van der Waals surface area (Å²) in [7, 11) is -9.39. The van der Waals surface area contributed by atoms with Gasteiger partial charge in [0.25, 0.3) is 5.96 Å². The van der Waals surface area contributed by atoms with Gasteiger partial charge in [0.2, 0.25) is 0 Å². The van der Waals surface area contributed by atoms with Crippen molar-refractivity contribution in [3.8, 4) is 0 Å². The van der Waals surface area contributed by atoms with Gasteiger partial charge in [0, 0.05) is 0 Å². The van der Waals surface area contributed by atoms with Gasteiger partial charge in [0.1, 0.15) is 0 Å². The van der Waals surface area contributed by atoms with Gasteiger partial charge in [-0.1, -0.05) is 10.4 Å². The van der Waals surface area contributed by atoms with Crippen LogP contribution < -0.4 is 38.7 Å². The number of hydrazine groups is 2. The van der Waals surface area contributed by atoms with Crippen LogP contribution in [0, 0.1) is 40.7 Å². The fourth-order valence-corrected chi connectivity index (χ4v) is 0.695. The van der Waals surface area contributed by atoms with Crippen LogP contribution in [0.15, 0.2) is 4.99 Å². The highest BCUT2D eigenvalue weighted by molar-refractivity contribution is 5.78. The Morgan fingerprint density at radius 2 is 1.48 bits per heavy atom. The SMILES string of the molecule is O=[N+]([O-])NC1=NCN([N+](=O)[O-])CN1.[O-][Cl+3]([O-])([O-])O.[O-][Cl+3]([O-])([O-])O. The number of nitrogens with one attached hydrogen (secondary N) is 2. The quantitative estimate of drug-likeness (QED) is 0.251. The fourth-order valence-electron chi connectivity index (χ4n) is 0.695. The van der Waals surface area contributed by atoms with Crippen LogP contribution in [0.25, 0.3) is 0 Å². The van der Waals surface area contributed by atoms with E-state index in [-0.39, 0.29) is 19.3 Å². The maximum atomic E-state index is 10.2. The molecule has 18 nitrogen and oxygen atoms in total. The first-order valence-electron chi connectivity index (χ1n) is 4.44. The fraction of sp³-hybridized carbons (Fsp3) is 0.667. The van der Waals surface area contributed by atoms with Gasteiger partial charge in [-0.3, -0.25) is 0 Å². The molecule has 0 unspecified atom stereocenters. The average Bonchev–Trinajstić information content (AvgIpc) is 2.24. The molecule has 0 aromatic rings. The summed E-state index contributed by atoms with van der Waals surface area (Å²) in [5, 5.41) is 21.8. The van der Waals surface area contributed by atoms with Crippen LogP contribution >= 0.6 is 0 Å². The summed E-state index contributed by atoms with van der Waals surface area (Å²) in [6, 6.07) is 0. The van der Waals surface area contributed by atoms with E-state index >= 15 is 0 Å². The zero-order chi connectivity index (χ0) is 18.8. The molecule has 20 heteroatoms. The molecule has 0 atom stereocenters. The lowest BCUT2D eigenvalue weighted by molar-refractivity contribution is -1.92. The van der Waals surface area contributed by atoms with E-state index in [1.807, 2.05) is 0 Å². The maximum absolute atomic E-state index is 10.2. The lowest BCUT2D eigenvalue weighted by Gasteiger charge is -2.17. The predicted molar refractivity (Wildman–Crippen MR) is 43.7 cm³/mol. The van der Waals surface area contributed by atoms with Crippen LogP contribution in [0.4, 0.5) is 0 Å². The number of halogens is 2. The Morgan fingerprint density at radius 3 is 1.70 bits per heavy atom. The van der Waals surface area contributed by atoms with Crippen LogP contribution in [0.1, 0.15) is 0 Å². The van der Waals surface area contributed by atoms with Crippen molar-refractivity contribution in [2.45, 2.75) is 0 Å². The molecule has 0 saturated carbocycles. The highest BCUT2D eigenvalue weighted by atomic mass is 35.7. The number of nitrogens with zero attached hydrogens (tertiary/aromatic N) is 4. The van der Waals surface area contributed by atoms with E-state index in [0.29, 0.717) is 0 Å². The highest BCUT2D eigenvalue weighted by Crippen LogP contribution is 1.91. The Kier molecular flexibility index (Phi) is 10.2. The Bertz CT molecular complexity index is 394. The molecule has 0 fully saturated rings. The first-order valence-corrected chi connectivity index (χ1v) is 6.97. The van der Waals surface area contributed by atoms with Crippen molar-refractivity contribution in [2.75, 3.05) is 13.3 Å². The number of hydrogen-bond donors (Lipinski definition) is 4. The lowest BCUT2D eigenvalue weighted by atomic mass is 10.7. The summed E-state index contributed by atoms with van der Waals surface area (Å²) >= 11 is 0. The molecule has 0 aliphatic carbocycles. The summed E-state index contributed by atoms with van der Waals surface area (Å²) in [6.45, 7) is -0.331. The summed E-state index contributed by atoms with van der Waals surface area (Å²) in [5.74, 6) is -0.0805. The molecule has 1 heterocycles. The second-order valence-electron chi connectivity index (χ2n) is 2.89. The van der Waals surface area contributed by atoms with Gasteiger partial charge in [-0.05, 0) is 0 Å². The first-order chi connectivity index (χ1) is 10.1. The van der Waals surface area contributed by atoms with Crippen LogP contribution in [0.5, 0.6) is 0 Å². The Labute approximate surface area is 129 Å². The molecule has 23 heavy (non-hydrogen) atoms. The number of aliphatic imine (C=N–C) groups is 1. The molecule has 1 aliphatic heterocycles. The monoisotopic (exact) mass is 390 g/mol. The minimum atomic E-state index is -4.69. The number of hydrogen-bond acceptors (Lipinski definition) is 14. The molecular formula is C3H8Cl2N6O12. The highest BCUT2D eigenvalue weighted by Gasteiger charge is 2.20. The van der Waals surface area contributed by atoms with Gasteiger partial charge in [0.05, 0.1) is 29.8 Å². The predicted octanol–water partition coefficient (Wildman–Crippen LogP) is -10.1. The number of guanidine groups is 1. The van der Waals surface area contributed by atoms with Crippen molar-refractivity contribution >= 4 is 5.96 Å². The lowest BCUT2D eigenvalue weighted by Crippen LogP contribution is -2.58. The van der Waals surface area contributed by atoms with E-state index in [4.69, 9.17) is 37.3 Å². The van der Waals surface area contributed by atoms with E-state index in [9.17, 15) is 20.2 Å². The van der Waals surface area contributed by atoms with Gasteiger partial charge >= 0.3 is 0 Å². The molecule has 0 aromatic heterocycles. The first kappa shape index (κ1) is 23.4. The molecule has 0 radical (unpaired) electrons. The van der Waals surface area contributed by atoms with E-state index in [1.54, 1.807) is 5.43 Å². The summed E-state index contributed by atoms with van der Waals surface area (Å²) < 4.78 is 65.4. The van der Waals surface area contributed by atoms with Gasteiger partial charge in [-0.25, -0.2) is 25.2 Å². The van der Waals surface area contributed by atoms with Crippen LogP contribution in [-0.4, -0.2) is 43.7 Å². The molecule has 0 saturated heterocycles. The van der Waals surface area contributed by atoms with Gasteiger partial charge in [-0.2, -0.15) is 28.0 Å². The third kappa shape index (κ3) is 25.4. The van der Waals surface area contributed by atoms with E-state index in [2.05, 4.69) is 10.3 Å². The summed E-state index contributed by atoms with van der Waals surface area (Å²) in [4.78, 5) is 23.6. The van der Waals surface area contributed by atoms with Gasteiger partial charge < -0.3 is 5.32 Å². The van der Waals surface area contributed by atoms with Crippen molar-refractivity contribution in [1.29, 1.82) is 0 Å². The zero-order valence-corrected chi connectivity index (χ0v) is 11.9. The Morgan fingerprint density at radius 1 is 1.09 bits per heavy atom. The van der Waals surface area contributed by atoms with E-state index in [0.717, 1.165) is 5.01 Å². The van der Waals surface area contributed by atoms with Crippen LogP contribution in [-0.2, 0) is 0 Å². The largest absolute Gasteiger partial charge is 0.329 e. The van der Waals surface area contributed by atoms with Crippen LogP contribution in [0.2, 0.25) is 0 Å². The Balaban J connectivity index is 0. The van der Waals surface area contributed by atoms with Crippen LogP contribution in [0.3, 0.4) is 0 Å². The van der Waals surface area contributed by atoms with Crippen molar-refractivity contribution in [2.24, 2.45) is 4.99 Å². The topological polar surface area (TPSA) is 305 Å². The van der Waals surface area contributed by atoms with Crippen molar-refractivity contribution in [1.82, 2.24) is 15.8 Å². The molecular weight excluding hydrogens is 383 g/mol. The van der Waals surface area contributed by atoms with Crippen molar-refractivity contribution in [3.05, 3.63) is 20.2 Å². The summed E-state index contributed by atoms with van der Waals surface area (Å²) in [6.07, 6.45) is 0. The molecule has 1 rings (SSSR count). The average molecular weight is 391 g/mol. The molecule has 0 bridgehead atoms. The molecule has 0 spiro atoms. The zero-order valence-electron chi connectivity index (χ0n) is 10.4. The van der Waals surface area contributed by atoms with Gasteiger partial charge in [0.15, 0.2) is 23.4 Å². The smallest absolute Gasteiger partial charge is 0.257 e. The van der Waals surface area contributed by atoms with Crippen molar-refractivity contribution in [3.63, 3.8) is 0 Å². The third-order valence-electron chi connectivity index (χ3n) is 1.25. The molecule has 0 amide bonds. The standard InChI is InChI=1S/C3H6N6O4.2ClHO4/c10-8(11)6-3-4-1-7(2-5-3)9(12)13;2*2-1(3,4)5/h1-2H2,(H2,4,5,6);2*(H,2,3,4,5). The number of nitro groups is 2. The normalized spacial score (nSPS) is 14.1. The Hall–Kier alpha value is -1.87. The maximum Gasteiger partial charge on any atom is 0.257 e. The van der Waals surface area contributed by atoms with Crippen molar-refractivity contribution < 1.29 is 67.8 Å². The molecule has 0 aromatic carbocycles. The van der Waals surface area contributed by atoms with E-state index < -0.39 is 30.6 Å². The molecule has 4 N–H and O–H groups in total. The van der Waals surface area contributed by atoms with Gasteiger partial charge in [-0.15, -0.1) is 0 Å². The second-order valence-corrected chi connectivity index (χ2v) is 4.47. The van der Waals surface area contributed by atoms with E-state index in [1.165, 1.54) is 0 Å². The second kappa shape index (κ2) is 10.0. The third-order valence-corrected chi connectivity index (χ3v) is 1.25. The molecule has 1 aliphatic rings. The number of rotatable bonds is 2. The minimum absolute atomic E-state index is 0.0805. The minimum Gasteiger partial charge on any atom is -0.329 e. The summed E-state index contributed by atoms with van der Waals surface area (Å²) in [5.41, 5.74) is 1.75. The molecule has 136 valence electrons.